The number of rotatable bonds is 1. The standard InChI is InChI=1S/C11H16F3N3O/c1-2-15-9-16-8(18)10(17-9)5-3-4-7(6-10)11(12,13)14/h7H,2-6H2,1H3,(H2,15,16,17,18). The average molecular weight is 263 g/mol. The summed E-state index contributed by atoms with van der Waals surface area (Å²) in [6.07, 6.45) is -3.52. The number of carbonyl (C=O) groups is 1. The molecule has 0 radical (unpaired) electrons. The fraction of sp³-hybridized carbons (Fsp3) is 0.818. The summed E-state index contributed by atoms with van der Waals surface area (Å²) in [5.74, 6) is -1.50. The summed E-state index contributed by atoms with van der Waals surface area (Å²) in [5.41, 5.74) is -1.12. The minimum absolute atomic E-state index is 0.0977. The van der Waals surface area contributed by atoms with E-state index in [0.717, 1.165) is 0 Å². The fourth-order valence-electron chi connectivity index (χ4n) is 2.65. The maximum atomic E-state index is 12.8. The molecule has 0 bridgehead atoms. The van der Waals surface area contributed by atoms with Crippen molar-refractivity contribution in [3.05, 3.63) is 0 Å². The number of carbonyl (C=O) groups excluding carboxylic acids is 1. The van der Waals surface area contributed by atoms with Crippen LogP contribution >= 0.6 is 0 Å². The topological polar surface area (TPSA) is 53.5 Å². The van der Waals surface area contributed by atoms with E-state index in [9.17, 15) is 18.0 Å². The van der Waals surface area contributed by atoms with E-state index in [4.69, 9.17) is 0 Å². The first-order valence-electron chi connectivity index (χ1n) is 6.08. The number of nitrogens with one attached hydrogen (secondary N) is 2. The molecule has 2 fully saturated rings. The van der Waals surface area contributed by atoms with Gasteiger partial charge in [0.15, 0.2) is 5.96 Å². The second-order valence-corrected chi connectivity index (χ2v) is 4.82. The molecule has 1 spiro atoms. The summed E-state index contributed by atoms with van der Waals surface area (Å²) < 4.78 is 38.3. The SMILES string of the molecule is CCN=C1NC(=O)C2(CCCC(C(F)(F)F)C2)N1. The molecule has 0 aromatic rings. The zero-order chi connectivity index (χ0) is 13.4. The smallest absolute Gasteiger partial charge is 0.342 e. The van der Waals surface area contributed by atoms with Gasteiger partial charge in [-0.2, -0.15) is 13.2 Å². The molecule has 2 rings (SSSR count). The van der Waals surface area contributed by atoms with E-state index in [2.05, 4.69) is 15.6 Å². The largest absolute Gasteiger partial charge is 0.391 e. The molecule has 2 aliphatic rings. The minimum atomic E-state index is -4.24. The van der Waals surface area contributed by atoms with Gasteiger partial charge >= 0.3 is 6.18 Å². The van der Waals surface area contributed by atoms with Gasteiger partial charge in [-0.1, -0.05) is 0 Å². The highest BCUT2D eigenvalue weighted by Gasteiger charge is 2.53. The first kappa shape index (κ1) is 13.2. The Morgan fingerprint density at radius 1 is 1.50 bits per heavy atom. The van der Waals surface area contributed by atoms with Gasteiger partial charge in [0.2, 0.25) is 0 Å². The van der Waals surface area contributed by atoms with Crippen LogP contribution in [0, 0.1) is 5.92 Å². The van der Waals surface area contributed by atoms with E-state index in [1.54, 1.807) is 6.92 Å². The number of hydrogen-bond donors (Lipinski definition) is 2. The Morgan fingerprint density at radius 3 is 2.83 bits per heavy atom. The summed E-state index contributed by atoms with van der Waals surface area (Å²) >= 11 is 0. The van der Waals surface area contributed by atoms with Gasteiger partial charge in [-0.15, -0.1) is 0 Å². The lowest BCUT2D eigenvalue weighted by atomic mass is 9.75. The van der Waals surface area contributed by atoms with Crippen LogP contribution in [0.5, 0.6) is 0 Å². The minimum Gasteiger partial charge on any atom is -0.342 e. The normalized spacial score (nSPS) is 34.8. The molecule has 0 aromatic heterocycles. The van der Waals surface area contributed by atoms with Gasteiger partial charge in [0, 0.05) is 6.54 Å². The number of alkyl halides is 3. The number of hydrogen-bond acceptors (Lipinski definition) is 2. The van der Waals surface area contributed by atoms with Crippen LogP contribution in [0.1, 0.15) is 32.6 Å². The Labute approximate surface area is 103 Å². The van der Waals surface area contributed by atoms with Crippen molar-refractivity contribution in [2.75, 3.05) is 6.54 Å². The monoisotopic (exact) mass is 263 g/mol. The van der Waals surface area contributed by atoms with Crippen molar-refractivity contribution >= 4 is 11.9 Å². The van der Waals surface area contributed by atoms with Gasteiger partial charge in [0.25, 0.3) is 5.91 Å². The lowest BCUT2D eigenvalue weighted by Crippen LogP contribution is -2.52. The maximum absolute atomic E-state index is 12.8. The number of amides is 1. The Kier molecular flexibility index (Phi) is 3.25. The van der Waals surface area contributed by atoms with Crippen molar-refractivity contribution in [2.45, 2.75) is 44.3 Å². The molecule has 1 saturated heterocycles. The third kappa shape index (κ3) is 2.30. The zero-order valence-electron chi connectivity index (χ0n) is 10.1. The van der Waals surface area contributed by atoms with Gasteiger partial charge in [-0.05, 0) is 32.6 Å². The van der Waals surface area contributed by atoms with E-state index in [0.29, 0.717) is 25.3 Å². The summed E-state index contributed by atoms with van der Waals surface area (Å²) in [6, 6.07) is 0. The highest BCUT2D eigenvalue weighted by Crippen LogP contribution is 2.42. The van der Waals surface area contributed by atoms with Crippen molar-refractivity contribution in [3.63, 3.8) is 0 Å². The summed E-state index contributed by atoms with van der Waals surface area (Å²) in [6.45, 7) is 2.27. The van der Waals surface area contributed by atoms with E-state index in [1.807, 2.05) is 0 Å². The van der Waals surface area contributed by atoms with Crippen molar-refractivity contribution < 1.29 is 18.0 Å². The lowest BCUT2D eigenvalue weighted by molar-refractivity contribution is -0.187. The van der Waals surface area contributed by atoms with Gasteiger partial charge in [-0.25, -0.2) is 0 Å². The molecule has 18 heavy (non-hydrogen) atoms. The van der Waals surface area contributed by atoms with Crippen molar-refractivity contribution in [2.24, 2.45) is 10.9 Å². The molecule has 1 aliphatic carbocycles. The molecule has 0 aromatic carbocycles. The third-order valence-electron chi connectivity index (χ3n) is 3.55. The highest BCUT2D eigenvalue weighted by atomic mass is 19.4. The Morgan fingerprint density at radius 2 is 2.22 bits per heavy atom. The molecule has 2 atom stereocenters. The molecule has 2 N–H and O–H groups in total. The van der Waals surface area contributed by atoms with Crippen LogP contribution in [0.3, 0.4) is 0 Å². The van der Waals surface area contributed by atoms with Gasteiger partial charge < -0.3 is 5.32 Å². The molecule has 4 nitrogen and oxygen atoms in total. The molecule has 1 amide bonds. The molecule has 102 valence electrons. The van der Waals surface area contributed by atoms with Gasteiger partial charge in [0.05, 0.1) is 5.92 Å². The molecule has 1 saturated carbocycles. The predicted octanol–water partition coefficient (Wildman–Crippen LogP) is 1.57. The first-order chi connectivity index (χ1) is 8.37. The number of guanidine groups is 1. The van der Waals surface area contributed by atoms with Crippen LogP contribution < -0.4 is 10.6 Å². The van der Waals surface area contributed by atoms with Crippen LogP contribution in [0.2, 0.25) is 0 Å². The van der Waals surface area contributed by atoms with Crippen molar-refractivity contribution in [1.29, 1.82) is 0 Å². The Balaban J connectivity index is 2.17. The van der Waals surface area contributed by atoms with E-state index >= 15 is 0 Å². The molecule has 2 unspecified atom stereocenters. The third-order valence-corrected chi connectivity index (χ3v) is 3.55. The second kappa shape index (κ2) is 4.44. The molecular weight excluding hydrogens is 247 g/mol. The average Bonchev–Trinajstić information content (AvgIpc) is 2.55. The van der Waals surface area contributed by atoms with Crippen LogP contribution in [0.15, 0.2) is 4.99 Å². The predicted molar refractivity (Wildman–Crippen MR) is 60.0 cm³/mol. The lowest BCUT2D eigenvalue weighted by Gasteiger charge is -2.36. The van der Waals surface area contributed by atoms with Crippen LogP contribution in [-0.2, 0) is 4.79 Å². The summed E-state index contributed by atoms with van der Waals surface area (Å²) in [4.78, 5) is 15.9. The zero-order valence-corrected chi connectivity index (χ0v) is 10.1. The summed E-state index contributed by atoms with van der Waals surface area (Å²) in [7, 11) is 0. The van der Waals surface area contributed by atoms with Crippen LogP contribution in [0.25, 0.3) is 0 Å². The quantitative estimate of drug-likeness (QED) is 0.754. The van der Waals surface area contributed by atoms with E-state index < -0.39 is 17.6 Å². The van der Waals surface area contributed by atoms with Crippen molar-refractivity contribution in [1.82, 2.24) is 10.6 Å². The van der Waals surface area contributed by atoms with E-state index in [-0.39, 0.29) is 18.7 Å². The van der Waals surface area contributed by atoms with Crippen molar-refractivity contribution in [3.8, 4) is 0 Å². The van der Waals surface area contributed by atoms with Crippen LogP contribution in [0.4, 0.5) is 13.2 Å². The van der Waals surface area contributed by atoms with E-state index in [1.165, 1.54) is 0 Å². The highest BCUT2D eigenvalue weighted by molar-refractivity contribution is 6.09. The Bertz CT molecular complexity index is 380. The molecule has 7 heteroatoms. The maximum Gasteiger partial charge on any atom is 0.391 e. The molecular formula is C11H16F3N3O. The van der Waals surface area contributed by atoms with Crippen LogP contribution in [-0.4, -0.2) is 30.1 Å². The van der Waals surface area contributed by atoms with Gasteiger partial charge in [0.1, 0.15) is 5.54 Å². The molecule has 1 heterocycles. The number of aliphatic imine (C=N–C) groups is 1. The number of halogens is 3. The molecule has 1 aliphatic heterocycles. The summed E-state index contributed by atoms with van der Waals surface area (Å²) in [5, 5.41) is 5.37. The number of nitrogens with zero attached hydrogens (tertiary/aromatic N) is 1. The Hall–Kier alpha value is -1.27. The van der Waals surface area contributed by atoms with Gasteiger partial charge in [-0.3, -0.25) is 15.1 Å². The first-order valence-corrected chi connectivity index (χ1v) is 6.08. The second-order valence-electron chi connectivity index (χ2n) is 4.82. The fourth-order valence-corrected chi connectivity index (χ4v) is 2.65.